The van der Waals surface area contributed by atoms with Crippen LogP contribution in [0.5, 0.6) is 0 Å². The fourth-order valence-corrected chi connectivity index (χ4v) is 6.46. The molecule has 2 rings (SSSR count). The summed E-state index contributed by atoms with van der Waals surface area (Å²) in [4.78, 5) is 63.1. The number of aliphatic carboxylic acids is 2. The molecule has 10 unspecified atom stereocenters. The van der Waals surface area contributed by atoms with Crippen LogP contribution in [0.3, 0.4) is 0 Å². The first-order valence-corrected chi connectivity index (χ1v) is 18.9. The fraction of sp³-hybridized carbons (Fsp3) is 0.750. The molecule has 59 heavy (non-hydrogen) atoms. The van der Waals surface area contributed by atoms with Gasteiger partial charge in [0.05, 0.1) is 24.6 Å². The van der Waals surface area contributed by atoms with Gasteiger partial charge in [-0.1, -0.05) is 6.07 Å². The zero-order chi connectivity index (χ0) is 43.9. The summed E-state index contributed by atoms with van der Waals surface area (Å²) in [5, 5.41) is 118. The van der Waals surface area contributed by atoms with E-state index in [1.807, 2.05) is 4.90 Å². The first-order valence-electron chi connectivity index (χ1n) is 18.9. The number of hydrogen-bond acceptors (Lipinski definition) is 18. The van der Waals surface area contributed by atoms with Gasteiger partial charge in [-0.25, -0.2) is 0 Å². The van der Waals surface area contributed by atoms with Crippen molar-refractivity contribution in [2.75, 3.05) is 73.6 Å². The predicted molar refractivity (Wildman–Crippen MR) is 201 cm³/mol. The number of nitrogens with zero attached hydrogens (tertiary/aromatic N) is 6. The quantitative estimate of drug-likeness (QED) is 0.0482. The summed E-state index contributed by atoms with van der Waals surface area (Å²) in [7, 11) is 4.41. The normalized spacial score (nSPS) is 19.8. The van der Waals surface area contributed by atoms with E-state index >= 15 is 0 Å². The number of aliphatic hydroxyl groups is 10. The average molecular weight is 890 g/mol. The largest absolute Gasteiger partial charge is 0.480 e. The Hall–Kier alpha value is -2.97. The molecule has 0 aromatic carbocycles. The summed E-state index contributed by atoms with van der Waals surface area (Å²) < 4.78 is 0. The van der Waals surface area contributed by atoms with E-state index in [0.29, 0.717) is 24.5 Å². The smallest absolute Gasteiger partial charge is 0.320 e. The van der Waals surface area contributed by atoms with E-state index < -0.39 is 111 Å². The van der Waals surface area contributed by atoms with Gasteiger partial charge < -0.3 is 76.0 Å². The summed E-state index contributed by atoms with van der Waals surface area (Å²) in [6.45, 7) is -1.46. The van der Waals surface area contributed by atoms with Crippen LogP contribution in [0.4, 0.5) is 0 Å². The molecule has 10 atom stereocenters. The number of fused-ring (bicyclic) bond motifs is 2. The number of amides is 2. The van der Waals surface area contributed by atoms with Crippen LogP contribution in [0.25, 0.3) is 0 Å². The molecule has 0 saturated heterocycles. The number of rotatable bonds is 22. The van der Waals surface area contributed by atoms with Crippen molar-refractivity contribution in [1.29, 1.82) is 0 Å². The first kappa shape index (κ1) is 54.0. The molecule has 1 radical (unpaired) electrons. The van der Waals surface area contributed by atoms with Gasteiger partial charge in [-0.15, -0.1) is 0 Å². The Bertz CT molecular complexity index is 1360. The van der Waals surface area contributed by atoms with Crippen molar-refractivity contribution in [3.63, 3.8) is 0 Å². The second kappa shape index (κ2) is 26.4. The van der Waals surface area contributed by atoms with E-state index in [4.69, 9.17) is 10.2 Å². The number of carbonyl (C=O) groups excluding carboxylic acids is 2. The number of carboxylic acids is 2. The molecule has 0 aliphatic carbocycles. The molecule has 1 aromatic heterocycles. The van der Waals surface area contributed by atoms with Crippen molar-refractivity contribution in [1.82, 2.24) is 29.5 Å². The molecule has 339 valence electrons. The Balaban J connectivity index is 0.0000174. The van der Waals surface area contributed by atoms with Gasteiger partial charge in [0.2, 0.25) is 11.8 Å². The minimum absolute atomic E-state index is 0. The van der Waals surface area contributed by atoms with Gasteiger partial charge in [-0.2, -0.15) is 0 Å². The second-order valence-electron chi connectivity index (χ2n) is 14.8. The van der Waals surface area contributed by atoms with E-state index in [1.54, 1.807) is 35.0 Å². The molecule has 23 heteroatoms. The van der Waals surface area contributed by atoms with Crippen molar-refractivity contribution >= 4 is 23.8 Å². The molecule has 1 aliphatic rings. The number of likely N-dealkylation sites (N-methyl/N-ethyl adjacent to an activating group) is 3. The number of carboxylic acid groups (broad SMARTS) is 2. The van der Waals surface area contributed by atoms with Gasteiger partial charge in [0.25, 0.3) is 0 Å². The van der Waals surface area contributed by atoms with E-state index in [9.17, 15) is 70.2 Å². The minimum atomic E-state index is -1.88. The van der Waals surface area contributed by atoms with Crippen LogP contribution >= 0.6 is 0 Å². The molecule has 12 N–H and O–H groups in total. The Labute approximate surface area is 353 Å². The molecular formula is C36H62MnN6O16. The van der Waals surface area contributed by atoms with E-state index in [0.717, 1.165) is 9.80 Å². The number of carbonyl (C=O) groups is 4. The van der Waals surface area contributed by atoms with E-state index in [-0.39, 0.29) is 68.9 Å². The fourth-order valence-electron chi connectivity index (χ4n) is 6.46. The molecule has 22 nitrogen and oxygen atoms in total. The van der Waals surface area contributed by atoms with Crippen LogP contribution in [0.1, 0.15) is 37.1 Å². The number of pyridine rings is 1. The summed E-state index contributed by atoms with van der Waals surface area (Å²) in [6.07, 6.45) is -15.1. The summed E-state index contributed by atoms with van der Waals surface area (Å²) in [5.41, 5.74) is 0.939. The third kappa shape index (κ3) is 17.1. The van der Waals surface area contributed by atoms with E-state index in [1.165, 1.54) is 14.1 Å². The van der Waals surface area contributed by atoms with Gasteiger partial charge in [0.1, 0.15) is 60.9 Å². The summed E-state index contributed by atoms with van der Waals surface area (Å²) in [5.74, 6) is -3.52. The number of aliphatic hydroxyl groups excluding tert-OH is 10. The Morgan fingerprint density at radius 3 is 1.29 bits per heavy atom. The number of aromatic nitrogens is 1. The van der Waals surface area contributed by atoms with Crippen LogP contribution in [0, 0.1) is 0 Å². The number of hydrogen-bond donors (Lipinski definition) is 12. The third-order valence-electron chi connectivity index (χ3n) is 10.3. The van der Waals surface area contributed by atoms with Crippen LogP contribution in [0.15, 0.2) is 18.2 Å². The van der Waals surface area contributed by atoms with Crippen LogP contribution in [0.2, 0.25) is 0 Å². The van der Waals surface area contributed by atoms with Gasteiger partial charge in [0, 0.05) is 96.4 Å². The zero-order valence-electron chi connectivity index (χ0n) is 33.5. The standard InChI is InChI=1S/C36H62N6O16.Mn/c1-38-11-13-41(23(35(55)56)7-9-29(49)39(2)17-25(45)31(51)33(53)27(47)19-43)15-21-5-4-6-22(37-21)16-42(14-12-38)24(36(57)58)8-10-30(50)40(3)18-26(46)32(52)34(54)28(48)20-44;/h4-6,23-28,31-34,43-48,51-54H,7-20H2,1-3H3,(H,55,56)(H,57,58);. The van der Waals surface area contributed by atoms with Crippen LogP contribution < -0.4 is 0 Å². The van der Waals surface area contributed by atoms with Gasteiger partial charge in [-0.3, -0.25) is 34.0 Å². The molecular weight excluding hydrogens is 827 g/mol. The van der Waals surface area contributed by atoms with Crippen molar-refractivity contribution < 1.29 is 97.5 Å². The second-order valence-corrected chi connectivity index (χ2v) is 14.8. The monoisotopic (exact) mass is 889 g/mol. The Kier molecular flexibility index (Phi) is 24.2. The Morgan fingerprint density at radius 1 is 0.627 bits per heavy atom. The van der Waals surface area contributed by atoms with Gasteiger partial charge in [-0.05, 0) is 32.0 Å². The van der Waals surface area contributed by atoms with Crippen LogP contribution in [-0.2, 0) is 49.3 Å². The topological polar surface area (TPSA) is 340 Å². The maximum absolute atomic E-state index is 13.0. The molecule has 0 fully saturated rings. The molecule has 0 saturated carbocycles. The minimum Gasteiger partial charge on any atom is -0.480 e. The van der Waals surface area contributed by atoms with Crippen molar-refractivity contribution in [2.24, 2.45) is 0 Å². The van der Waals surface area contributed by atoms with E-state index in [2.05, 4.69) is 4.98 Å². The SMILES string of the molecule is CN1CCN(C(CCC(=O)N(C)CC(O)C(O)C(O)C(O)CO)C(=O)O)Cc2cccc(n2)CN(C(CCC(=O)N(C)CC(O)C(O)C(O)C(O)CO)C(=O)O)CC1.[Mn]. The Morgan fingerprint density at radius 2 is 0.966 bits per heavy atom. The van der Waals surface area contributed by atoms with Crippen LogP contribution in [-0.4, -0.2) is 249 Å². The summed E-state index contributed by atoms with van der Waals surface area (Å²) >= 11 is 0. The summed E-state index contributed by atoms with van der Waals surface area (Å²) in [6, 6.07) is 2.76. The van der Waals surface area contributed by atoms with Gasteiger partial charge in [0.15, 0.2) is 0 Å². The molecule has 0 spiro atoms. The maximum atomic E-state index is 13.0. The molecule has 1 aliphatic heterocycles. The van der Waals surface area contributed by atoms with Crippen molar-refractivity contribution in [3.05, 3.63) is 29.6 Å². The molecule has 1 aromatic rings. The molecule has 2 bridgehead atoms. The maximum Gasteiger partial charge on any atom is 0.320 e. The predicted octanol–water partition coefficient (Wildman–Crippen LogP) is -6.12. The van der Waals surface area contributed by atoms with Crippen molar-refractivity contribution in [3.8, 4) is 0 Å². The zero-order valence-corrected chi connectivity index (χ0v) is 34.6. The first-order chi connectivity index (χ1) is 27.2. The average Bonchev–Trinajstić information content (AvgIpc) is 3.18. The molecule has 2 heterocycles. The van der Waals surface area contributed by atoms with Gasteiger partial charge >= 0.3 is 11.9 Å². The third-order valence-corrected chi connectivity index (χ3v) is 10.3. The van der Waals surface area contributed by atoms with Crippen molar-refractivity contribution in [2.45, 2.75) is 99.7 Å². The molecule has 2 amide bonds.